The van der Waals surface area contributed by atoms with Crippen LogP contribution in [-0.4, -0.2) is 72.1 Å². The highest BCUT2D eigenvalue weighted by molar-refractivity contribution is 7.99. The summed E-state index contributed by atoms with van der Waals surface area (Å²) < 4.78 is 7.51. The molecule has 1 fully saturated rings. The number of fused-ring (bicyclic) bond motifs is 1. The Hall–Kier alpha value is -2.93. The molecule has 1 aliphatic rings. The summed E-state index contributed by atoms with van der Waals surface area (Å²) in [5.74, 6) is 1.96. The maximum atomic E-state index is 10.5. The lowest BCUT2D eigenvalue weighted by Gasteiger charge is -2.16. The number of nitrogens with one attached hydrogen (secondary N) is 1. The van der Waals surface area contributed by atoms with E-state index in [9.17, 15) is 10.2 Å². The molecule has 4 atom stereocenters. The quantitative estimate of drug-likeness (QED) is 0.183. The number of rotatable bonds is 8. The van der Waals surface area contributed by atoms with Crippen molar-refractivity contribution in [1.82, 2.24) is 19.5 Å². The molecule has 11 nitrogen and oxygen atoms in total. The van der Waals surface area contributed by atoms with Crippen LogP contribution >= 0.6 is 11.8 Å². The number of aliphatic hydroxyl groups is 2. The Labute approximate surface area is 188 Å². The zero-order valence-electron chi connectivity index (χ0n) is 17.3. The zero-order valence-corrected chi connectivity index (χ0v) is 18.1. The number of imidazole rings is 1. The summed E-state index contributed by atoms with van der Waals surface area (Å²) in [6.45, 7) is 0.583. The third kappa shape index (κ3) is 4.93. The Balaban J connectivity index is 1.24. The van der Waals surface area contributed by atoms with Crippen LogP contribution in [0.4, 0.5) is 11.5 Å². The van der Waals surface area contributed by atoms with Crippen molar-refractivity contribution >= 4 is 40.4 Å². The van der Waals surface area contributed by atoms with E-state index in [0.29, 0.717) is 29.4 Å². The van der Waals surface area contributed by atoms with Crippen LogP contribution in [0.2, 0.25) is 0 Å². The smallest absolute Gasteiger partial charge is 0.193 e. The van der Waals surface area contributed by atoms with E-state index in [2.05, 4.69) is 25.3 Å². The number of thioether (sulfide) groups is 1. The molecule has 7 N–H and O–H groups in total. The minimum Gasteiger partial charge on any atom is -0.387 e. The van der Waals surface area contributed by atoms with Gasteiger partial charge in [0.25, 0.3) is 0 Å². The maximum absolute atomic E-state index is 10.5. The van der Waals surface area contributed by atoms with Crippen LogP contribution < -0.4 is 16.8 Å². The van der Waals surface area contributed by atoms with Crippen molar-refractivity contribution in [2.45, 2.75) is 31.0 Å². The van der Waals surface area contributed by atoms with Gasteiger partial charge in [-0.2, -0.15) is 11.8 Å². The third-order valence-electron chi connectivity index (χ3n) is 5.06. The summed E-state index contributed by atoms with van der Waals surface area (Å²) in [5.41, 5.74) is 13.5. The first-order valence-corrected chi connectivity index (χ1v) is 11.3. The molecule has 4 rings (SSSR count). The minimum absolute atomic E-state index is 0.246. The third-order valence-corrected chi connectivity index (χ3v) is 6.20. The van der Waals surface area contributed by atoms with Crippen molar-refractivity contribution in [3.63, 3.8) is 0 Å². The van der Waals surface area contributed by atoms with Crippen LogP contribution in [0.1, 0.15) is 12.6 Å². The molecule has 12 heteroatoms. The van der Waals surface area contributed by atoms with Gasteiger partial charge in [0.15, 0.2) is 23.7 Å². The molecule has 0 aliphatic carbocycles. The molecule has 0 saturated carbocycles. The number of aromatic nitrogens is 4. The number of nitrogens with zero attached hydrogens (tertiary/aromatic N) is 5. The van der Waals surface area contributed by atoms with E-state index in [0.717, 1.165) is 17.9 Å². The van der Waals surface area contributed by atoms with Crippen molar-refractivity contribution in [3.05, 3.63) is 43.0 Å². The Bertz CT molecular complexity index is 1060. The van der Waals surface area contributed by atoms with Crippen LogP contribution in [0.15, 0.2) is 48.0 Å². The summed E-state index contributed by atoms with van der Waals surface area (Å²) in [6.07, 6.45) is 0.172. The van der Waals surface area contributed by atoms with Crippen LogP contribution in [-0.2, 0) is 4.74 Å². The second-order valence-corrected chi connectivity index (χ2v) is 8.47. The fourth-order valence-electron chi connectivity index (χ4n) is 3.43. The average molecular weight is 459 g/mol. The molecule has 2 aromatic heterocycles. The molecule has 1 aromatic carbocycles. The summed E-state index contributed by atoms with van der Waals surface area (Å²) >= 11 is 1.62. The van der Waals surface area contributed by atoms with Gasteiger partial charge in [0.05, 0.1) is 12.4 Å². The van der Waals surface area contributed by atoms with E-state index in [1.807, 2.05) is 30.3 Å². The van der Waals surface area contributed by atoms with Crippen molar-refractivity contribution < 1.29 is 14.9 Å². The second kappa shape index (κ2) is 10.1. The fraction of sp³-hybridized carbons (Fsp3) is 0.400. The highest BCUT2D eigenvalue weighted by Gasteiger charge is 2.44. The molecule has 0 bridgehead atoms. The van der Waals surface area contributed by atoms with Crippen molar-refractivity contribution in [2.75, 3.05) is 29.1 Å². The molecular weight excluding hydrogens is 432 g/mol. The average Bonchev–Trinajstić information content (AvgIpc) is 3.34. The first-order chi connectivity index (χ1) is 15.5. The summed E-state index contributed by atoms with van der Waals surface area (Å²) in [4.78, 5) is 16.6. The predicted octanol–water partition coefficient (Wildman–Crippen LogP) is 0.578. The van der Waals surface area contributed by atoms with Gasteiger partial charge in [0, 0.05) is 18.0 Å². The molecular formula is C20H26N8O3S. The molecule has 0 radical (unpaired) electrons. The Morgan fingerprint density at radius 2 is 2.00 bits per heavy atom. The number of hydrogen-bond acceptors (Lipinski definition) is 9. The van der Waals surface area contributed by atoms with Gasteiger partial charge in [-0.25, -0.2) is 15.0 Å². The van der Waals surface area contributed by atoms with Crippen LogP contribution in [0.25, 0.3) is 11.2 Å². The van der Waals surface area contributed by atoms with E-state index in [1.54, 1.807) is 16.3 Å². The lowest BCUT2D eigenvalue weighted by atomic mass is 10.1. The zero-order chi connectivity index (χ0) is 22.5. The molecule has 0 unspecified atom stereocenters. The standard InChI is InChI=1S/C20H26N8O3S/c21-17-14-18(25-10-24-17)28(11-26-14)19-16(30)15(29)13(31-19)9-32-8-4-7-23-20(22)27-12-5-2-1-3-6-12/h1-3,5-6,10-11,13,15-16,19,29-30H,4,7-9H2,(H2,21,24,25)(H3,22,23,27)/t13-,15-,16-,19-/m1/s1. The number of benzene rings is 1. The first-order valence-electron chi connectivity index (χ1n) is 10.2. The van der Waals surface area contributed by atoms with Gasteiger partial charge in [-0.1, -0.05) is 18.2 Å². The van der Waals surface area contributed by atoms with Crippen molar-refractivity contribution in [1.29, 1.82) is 0 Å². The molecule has 0 spiro atoms. The van der Waals surface area contributed by atoms with Gasteiger partial charge in [0.2, 0.25) is 0 Å². The van der Waals surface area contributed by atoms with Crippen molar-refractivity contribution in [2.24, 2.45) is 10.7 Å². The van der Waals surface area contributed by atoms with E-state index < -0.39 is 24.5 Å². The number of para-hydroxylation sites is 1. The Morgan fingerprint density at radius 1 is 1.19 bits per heavy atom. The Kier molecular flexibility index (Phi) is 7.05. The molecule has 1 saturated heterocycles. The minimum atomic E-state index is -1.11. The molecule has 0 amide bonds. The monoisotopic (exact) mass is 458 g/mol. The highest BCUT2D eigenvalue weighted by Crippen LogP contribution is 2.33. The topological polar surface area (TPSA) is 170 Å². The number of nitrogens with two attached hydrogens (primary N) is 2. The van der Waals surface area contributed by atoms with Crippen LogP contribution in [0, 0.1) is 0 Å². The first kappa shape index (κ1) is 22.3. The van der Waals surface area contributed by atoms with Crippen molar-refractivity contribution in [3.8, 4) is 0 Å². The lowest BCUT2D eigenvalue weighted by Crippen LogP contribution is -2.32. The van der Waals surface area contributed by atoms with Gasteiger partial charge < -0.3 is 31.7 Å². The number of hydrogen-bond donors (Lipinski definition) is 5. The normalized spacial score (nSPS) is 23.6. The van der Waals surface area contributed by atoms with Gasteiger partial charge in [-0.15, -0.1) is 0 Å². The summed E-state index contributed by atoms with van der Waals surface area (Å²) in [6, 6.07) is 9.61. The number of anilines is 2. The van der Waals surface area contributed by atoms with E-state index in [4.69, 9.17) is 16.2 Å². The van der Waals surface area contributed by atoms with Gasteiger partial charge in [-0.05, 0) is 24.3 Å². The fourth-order valence-corrected chi connectivity index (χ4v) is 4.44. The number of aliphatic imine (C=N–C) groups is 1. The van der Waals surface area contributed by atoms with Gasteiger partial charge in [-0.3, -0.25) is 9.56 Å². The molecule has 32 heavy (non-hydrogen) atoms. The van der Waals surface area contributed by atoms with E-state index in [-0.39, 0.29) is 5.82 Å². The Morgan fingerprint density at radius 3 is 2.81 bits per heavy atom. The van der Waals surface area contributed by atoms with E-state index >= 15 is 0 Å². The number of aliphatic hydroxyl groups excluding tert-OH is 2. The summed E-state index contributed by atoms with van der Waals surface area (Å²) in [5, 5.41) is 24.0. The molecule has 3 heterocycles. The largest absolute Gasteiger partial charge is 0.387 e. The lowest BCUT2D eigenvalue weighted by molar-refractivity contribution is -0.0289. The number of nitrogen functional groups attached to an aromatic ring is 1. The van der Waals surface area contributed by atoms with Crippen LogP contribution in [0.3, 0.4) is 0 Å². The van der Waals surface area contributed by atoms with Gasteiger partial charge in [0.1, 0.15) is 24.1 Å². The SMILES string of the molecule is NC(=NCCCSC[C@H]1O[C@@H](n2cnc3c(N)ncnc32)[C@H](O)[C@@H]1O)Nc1ccccc1. The maximum Gasteiger partial charge on any atom is 0.193 e. The van der Waals surface area contributed by atoms with E-state index in [1.165, 1.54) is 12.7 Å². The summed E-state index contributed by atoms with van der Waals surface area (Å²) in [7, 11) is 0. The number of ether oxygens (including phenoxy) is 1. The van der Waals surface area contributed by atoms with Gasteiger partial charge >= 0.3 is 0 Å². The number of guanidine groups is 1. The molecule has 3 aromatic rings. The highest BCUT2D eigenvalue weighted by atomic mass is 32.2. The second-order valence-electron chi connectivity index (χ2n) is 7.32. The molecule has 170 valence electrons. The predicted molar refractivity (Wildman–Crippen MR) is 124 cm³/mol. The molecule has 1 aliphatic heterocycles. The van der Waals surface area contributed by atoms with Crippen LogP contribution in [0.5, 0.6) is 0 Å².